The molecule has 0 spiro atoms. The first kappa shape index (κ1) is 19.6. The molecule has 2 aromatic rings. The van der Waals surface area contributed by atoms with Crippen LogP contribution in [0.3, 0.4) is 0 Å². The Morgan fingerprint density at radius 2 is 1.81 bits per heavy atom. The number of sulfonamides is 1. The first-order chi connectivity index (χ1) is 13.0. The Balaban J connectivity index is 1.97. The van der Waals surface area contributed by atoms with Gasteiger partial charge in [-0.15, -0.1) is 0 Å². The summed E-state index contributed by atoms with van der Waals surface area (Å²) in [7, 11) is -2.04. The van der Waals surface area contributed by atoms with Gasteiger partial charge in [-0.25, -0.2) is 8.42 Å². The van der Waals surface area contributed by atoms with Crippen LogP contribution in [-0.2, 0) is 25.9 Å². The zero-order chi connectivity index (χ0) is 19.3. The standard InChI is InChI=1S/C21H25NO4S/c1-17-8-10-21(11-9-17)27(23,24)22-12-13-26-20(16-25-2)15-19(22)14-18-6-4-3-5-7-18/h3-11,15,19H,12-14,16H2,1-2H3/t19-/m0/s1. The Bertz CT molecular complexity index is 876. The average Bonchev–Trinajstić information content (AvgIpc) is 2.86. The Kier molecular flexibility index (Phi) is 6.31. The highest BCUT2D eigenvalue weighted by molar-refractivity contribution is 7.89. The molecular formula is C21H25NO4S. The van der Waals surface area contributed by atoms with Gasteiger partial charge in [0.25, 0.3) is 0 Å². The Morgan fingerprint density at radius 1 is 1.11 bits per heavy atom. The molecule has 27 heavy (non-hydrogen) atoms. The highest BCUT2D eigenvalue weighted by Crippen LogP contribution is 2.24. The minimum atomic E-state index is -3.64. The fourth-order valence-electron chi connectivity index (χ4n) is 3.17. The van der Waals surface area contributed by atoms with Crippen molar-refractivity contribution in [3.05, 3.63) is 77.6 Å². The molecule has 0 radical (unpaired) electrons. The Labute approximate surface area is 161 Å². The number of benzene rings is 2. The zero-order valence-electron chi connectivity index (χ0n) is 15.7. The van der Waals surface area contributed by atoms with Crippen molar-refractivity contribution in [1.29, 1.82) is 0 Å². The van der Waals surface area contributed by atoms with Crippen molar-refractivity contribution >= 4 is 10.0 Å². The lowest BCUT2D eigenvalue weighted by Crippen LogP contribution is -2.41. The van der Waals surface area contributed by atoms with E-state index in [0.29, 0.717) is 30.3 Å². The maximum atomic E-state index is 13.3. The molecule has 1 heterocycles. The van der Waals surface area contributed by atoms with Gasteiger partial charge in [0.1, 0.15) is 19.0 Å². The van der Waals surface area contributed by atoms with E-state index in [2.05, 4.69) is 0 Å². The summed E-state index contributed by atoms with van der Waals surface area (Å²) in [5, 5.41) is 0. The number of hydrogen-bond donors (Lipinski definition) is 0. The van der Waals surface area contributed by atoms with Gasteiger partial charge in [0, 0.05) is 13.7 Å². The molecule has 0 bridgehead atoms. The second kappa shape index (κ2) is 8.69. The molecule has 0 N–H and O–H groups in total. The topological polar surface area (TPSA) is 55.8 Å². The van der Waals surface area contributed by atoms with Crippen molar-refractivity contribution in [2.24, 2.45) is 0 Å². The molecule has 0 amide bonds. The average molecular weight is 388 g/mol. The molecule has 0 aromatic heterocycles. The van der Waals surface area contributed by atoms with Crippen molar-refractivity contribution in [1.82, 2.24) is 4.31 Å². The molecule has 2 aromatic carbocycles. The van der Waals surface area contributed by atoms with Gasteiger partial charge in [-0.3, -0.25) is 0 Å². The summed E-state index contributed by atoms with van der Waals surface area (Å²) < 4.78 is 39.1. The van der Waals surface area contributed by atoms with E-state index >= 15 is 0 Å². The van der Waals surface area contributed by atoms with Crippen molar-refractivity contribution in [3.8, 4) is 0 Å². The SMILES string of the molecule is COCC1=C[C@H](Cc2ccccc2)N(S(=O)(=O)c2ccc(C)cc2)CCO1. The Hall–Kier alpha value is -2.15. The van der Waals surface area contributed by atoms with Gasteiger partial charge in [-0.2, -0.15) is 4.31 Å². The van der Waals surface area contributed by atoms with E-state index in [9.17, 15) is 8.42 Å². The van der Waals surface area contributed by atoms with Gasteiger partial charge in [0.2, 0.25) is 10.0 Å². The largest absolute Gasteiger partial charge is 0.494 e. The van der Waals surface area contributed by atoms with Crippen LogP contribution in [0.1, 0.15) is 11.1 Å². The number of methoxy groups -OCH3 is 1. The van der Waals surface area contributed by atoms with Crippen LogP contribution >= 0.6 is 0 Å². The monoisotopic (exact) mass is 387 g/mol. The highest BCUT2D eigenvalue weighted by Gasteiger charge is 2.32. The smallest absolute Gasteiger partial charge is 0.243 e. The predicted octanol–water partition coefficient (Wildman–Crippen LogP) is 3.16. The van der Waals surface area contributed by atoms with E-state index in [1.165, 1.54) is 4.31 Å². The fraction of sp³-hybridized carbons (Fsp3) is 0.333. The van der Waals surface area contributed by atoms with Crippen LogP contribution < -0.4 is 0 Å². The van der Waals surface area contributed by atoms with Crippen LogP contribution in [0.4, 0.5) is 0 Å². The summed E-state index contributed by atoms with van der Waals surface area (Å²) in [6.07, 6.45) is 2.44. The summed E-state index contributed by atoms with van der Waals surface area (Å²) in [6.45, 7) is 2.85. The van der Waals surface area contributed by atoms with Gasteiger partial charge < -0.3 is 9.47 Å². The van der Waals surface area contributed by atoms with Crippen LogP contribution in [0.5, 0.6) is 0 Å². The number of hydrogen-bond acceptors (Lipinski definition) is 4. The van der Waals surface area contributed by atoms with E-state index in [-0.39, 0.29) is 12.6 Å². The van der Waals surface area contributed by atoms with Gasteiger partial charge >= 0.3 is 0 Å². The van der Waals surface area contributed by atoms with Crippen LogP contribution in [0.15, 0.2) is 71.3 Å². The van der Waals surface area contributed by atoms with E-state index in [1.54, 1.807) is 19.2 Å². The van der Waals surface area contributed by atoms with E-state index < -0.39 is 10.0 Å². The molecule has 1 aliphatic rings. The van der Waals surface area contributed by atoms with E-state index in [1.807, 2.05) is 55.5 Å². The zero-order valence-corrected chi connectivity index (χ0v) is 16.5. The summed E-state index contributed by atoms with van der Waals surface area (Å²) in [5.74, 6) is 0.667. The molecule has 0 fully saturated rings. The van der Waals surface area contributed by atoms with Gasteiger partial charge in [0.05, 0.1) is 10.9 Å². The third-order valence-corrected chi connectivity index (χ3v) is 6.49. The molecule has 1 aliphatic heterocycles. The molecule has 3 rings (SSSR count). The van der Waals surface area contributed by atoms with E-state index in [4.69, 9.17) is 9.47 Å². The molecule has 0 saturated carbocycles. The van der Waals surface area contributed by atoms with Crippen LogP contribution in [0.25, 0.3) is 0 Å². The third-order valence-electron chi connectivity index (χ3n) is 4.55. The second-order valence-corrected chi connectivity index (χ2v) is 8.49. The lowest BCUT2D eigenvalue weighted by atomic mass is 10.1. The van der Waals surface area contributed by atoms with Crippen molar-refractivity contribution < 1.29 is 17.9 Å². The molecule has 0 unspecified atom stereocenters. The van der Waals surface area contributed by atoms with Crippen molar-refractivity contribution in [2.45, 2.75) is 24.3 Å². The van der Waals surface area contributed by atoms with Gasteiger partial charge in [0.15, 0.2) is 0 Å². The third kappa shape index (κ3) is 4.77. The van der Waals surface area contributed by atoms with E-state index in [0.717, 1.165) is 11.1 Å². The van der Waals surface area contributed by atoms with Crippen LogP contribution in [0, 0.1) is 6.92 Å². The normalized spacial score (nSPS) is 18.4. The minimum Gasteiger partial charge on any atom is -0.494 e. The molecule has 6 heteroatoms. The number of nitrogens with zero attached hydrogens (tertiary/aromatic N) is 1. The molecule has 5 nitrogen and oxygen atoms in total. The van der Waals surface area contributed by atoms with Crippen LogP contribution in [-0.4, -0.2) is 45.6 Å². The summed E-state index contributed by atoms with van der Waals surface area (Å²) in [4.78, 5) is 0.301. The highest BCUT2D eigenvalue weighted by atomic mass is 32.2. The molecule has 0 saturated heterocycles. The first-order valence-corrected chi connectivity index (χ1v) is 10.4. The molecule has 144 valence electrons. The maximum Gasteiger partial charge on any atom is 0.243 e. The van der Waals surface area contributed by atoms with Gasteiger partial charge in [-0.1, -0.05) is 48.0 Å². The summed E-state index contributed by atoms with van der Waals surface area (Å²) >= 11 is 0. The summed E-state index contributed by atoms with van der Waals surface area (Å²) in [5.41, 5.74) is 2.10. The quantitative estimate of drug-likeness (QED) is 0.764. The number of aryl methyl sites for hydroxylation is 1. The molecular weight excluding hydrogens is 362 g/mol. The lowest BCUT2D eigenvalue weighted by Gasteiger charge is -2.27. The first-order valence-electron chi connectivity index (χ1n) is 8.95. The maximum absolute atomic E-state index is 13.3. The number of rotatable bonds is 6. The Morgan fingerprint density at radius 3 is 2.48 bits per heavy atom. The van der Waals surface area contributed by atoms with Gasteiger partial charge in [-0.05, 0) is 37.1 Å². The lowest BCUT2D eigenvalue weighted by molar-refractivity contribution is 0.131. The second-order valence-electron chi connectivity index (χ2n) is 6.60. The number of ether oxygens (including phenoxy) is 2. The van der Waals surface area contributed by atoms with Crippen molar-refractivity contribution in [3.63, 3.8) is 0 Å². The van der Waals surface area contributed by atoms with Crippen LogP contribution in [0.2, 0.25) is 0 Å². The fourth-order valence-corrected chi connectivity index (χ4v) is 4.73. The molecule has 1 atom stereocenters. The summed E-state index contributed by atoms with van der Waals surface area (Å²) in [6, 6.07) is 16.5. The predicted molar refractivity (Wildman–Crippen MR) is 105 cm³/mol. The minimum absolute atomic E-state index is 0.289. The molecule has 0 aliphatic carbocycles. The van der Waals surface area contributed by atoms with Crippen molar-refractivity contribution in [2.75, 3.05) is 26.9 Å².